The van der Waals surface area contributed by atoms with Crippen LogP contribution in [0, 0.1) is 11.3 Å². The van der Waals surface area contributed by atoms with Gasteiger partial charge in [-0.05, 0) is 24.1 Å². The monoisotopic (exact) mass is 295 g/mol. The number of nitrogens with zero attached hydrogens (tertiary/aromatic N) is 3. The SMILES string of the molecule is C[C@H](c1ccc(-c2cc(C#N)n(C)c2)cc1)N1CCOCC1. The lowest BCUT2D eigenvalue weighted by Crippen LogP contribution is -2.37. The van der Waals surface area contributed by atoms with Crippen LogP contribution in [0.25, 0.3) is 11.1 Å². The molecule has 22 heavy (non-hydrogen) atoms. The molecule has 1 aliphatic heterocycles. The standard InChI is InChI=1S/C18H21N3O/c1-14(21-7-9-22-10-8-21)15-3-5-16(6-4-15)17-11-18(12-19)20(2)13-17/h3-6,11,13-14H,7-10H2,1-2H3/t14-/m1/s1. The highest BCUT2D eigenvalue weighted by Crippen LogP contribution is 2.26. The quantitative estimate of drug-likeness (QED) is 0.874. The molecule has 3 rings (SSSR count). The molecule has 0 bridgehead atoms. The molecule has 0 spiro atoms. The highest BCUT2D eigenvalue weighted by atomic mass is 16.5. The Morgan fingerprint density at radius 1 is 1.14 bits per heavy atom. The zero-order valence-electron chi connectivity index (χ0n) is 13.1. The van der Waals surface area contributed by atoms with Gasteiger partial charge in [0.2, 0.25) is 0 Å². The van der Waals surface area contributed by atoms with Crippen molar-refractivity contribution < 1.29 is 4.74 Å². The molecule has 4 heteroatoms. The second-order valence-corrected chi connectivity index (χ2v) is 5.78. The van der Waals surface area contributed by atoms with Crippen LogP contribution in [-0.4, -0.2) is 35.8 Å². The zero-order chi connectivity index (χ0) is 15.5. The molecule has 0 aliphatic carbocycles. The summed E-state index contributed by atoms with van der Waals surface area (Å²) in [7, 11) is 1.90. The average molecular weight is 295 g/mol. The molecular weight excluding hydrogens is 274 g/mol. The van der Waals surface area contributed by atoms with Crippen molar-refractivity contribution in [2.24, 2.45) is 7.05 Å². The molecule has 0 radical (unpaired) electrons. The van der Waals surface area contributed by atoms with Crippen LogP contribution in [0.15, 0.2) is 36.5 Å². The fraction of sp³-hybridized carbons (Fsp3) is 0.389. The van der Waals surface area contributed by atoms with E-state index < -0.39 is 0 Å². The van der Waals surface area contributed by atoms with Gasteiger partial charge in [-0.2, -0.15) is 5.26 Å². The summed E-state index contributed by atoms with van der Waals surface area (Å²) < 4.78 is 7.28. The maximum atomic E-state index is 9.05. The molecule has 1 saturated heterocycles. The van der Waals surface area contributed by atoms with E-state index in [1.807, 2.05) is 23.9 Å². The van der Waals surface area contributed by atoms with Gasteiger partial charge in [0.15, 0.2) is 0 Å². The Labute approximate surface area is 131 Å². The van der Waals surface area contributed by atoms with E-state index in [4.69, 9.17) is 10.00 Å². The Kier molecular flexibility index (Phi) is 4.28. The van der Waals surface area contributed by atoms with Gasteiger partial charge in [-0.15, -0.1) is 0 Å². The number of benzene rings is 1. The van der Waals surface area contributed by atoms with E-state index in [0.717, 1.165) is 37.4 Å². The fourth-order valence-corrected chi connectivity index (χ4v) is 2.96. The fourth-order valence-electron chi connectivity index (χ4n) is 2.96. The molecule has 1 atom stereocenters. The van der Waals surface area contributed by atoms with E-state index in [-0.39, 0.29) is 0 Å². The second-order valence-electron chi connectivity index (χ2n) is 5.78. The van der Waals surface area contributed by atoms with Crippen LogP contribution in [0.3, 0.4) is 0 Å². The van der Waals surface area contributed by atoms with Crippen molar-refractivity contribution >= 4 is 0 Å². The first-order chi connectivity index (χ1) is 10.7. The van der Waals surface area contributed by atoms with Crippen LogP contribution in [0.5, 0.6) is 0 Å². The van der Waals surface area contributed by atoms with Gasteiger partial charge in [-0.25, -0.2) is 0 Å². The second kappa shape index (κ2) is 6.35. The first-order valence-electron chi connectivity index (χ1n) is 7.67. The van der Waals surface area contributed by atoms with Gasteiger partial charge >= 0.3 is 0 Å². The summed E-state index contributed by atoms with van der Waals surface area (Å²) >= 11 is 0. The lowest BCUT2D eigenvalue weighted by molar-refractivity contribution is 0.0198. The van der Waals surface area contributed by atoms with E-state index in [9.17, 15) is 0 Å². The van der Waals surface area contributed by atoms with Gasteiger partial charge < -0.3 is 9.30 Å². The third kappa shape index (κ3) is 2.92. The minimum Gasteiger partial charge on any atom is -0.379 e. The number of nitriles is 1. The van der Waals surface area contributed by atoms with Crippen LogP contribution in [0.2, 0.25) is 0 Å². The van der Waals surface area contributed by atoms with Gasteiger partial charge in [0.05, 0.1) is 13.2 Å². The number of ether oxygens (including phenoxy) is 1. The largest absolute Gasteiger partial charge is 0.379 e. The molecule has 114 valence electrons. The number of aromatic nitrogens is 1. The molecule has 1 aromatic heterocycles. The molecule has 0 amide bonds. The Balaban J connectivity index is 1.78. The van der Waals surface area contributed by atoms with E-state index in [2.05, 4.69) is 42.2 Å². The van der Waals surface area contributed by atoms with E-state index >= 15 is 0 Å². The Morgan fingerprint density at radius 3 is 2.41 bits per heavy atom. The van der Waals surface area contributed by atoms with Gasteiger partial charge in [0.25, 0.3) is 0 Å². The van der Waals surface area contributed by atoms with E-state index in [1.165, 1.54) is 5.56 Å². The lowest BCUT2D eigenvalue weighted by Gasteiger charge is -2.32. The number of aryl methyl sites for hydroxylation is 1. The smallest absolute Gasteiger partial charge is 0.120 e. The first-order valence-corrected chi connectivity index (χ1v) is 7.67. The van der Waals surface area contributed by atoms with Crippen LogP contribution < -0.4 is 0 Å². The number of hydrogen-bond donors (Lipinski definition) is 0. The molecular formula is C18H21N3O. The molecule has 2 heterocycles. The Bertz CT molecular complexity index is 675. The first kappa shape index (κ1) is 14.8. The molecule has 0 saturated carbocycles. The lowest BCUT2D eigenvalue weighted by atomic mass is 10.0. The Hall–Kier alpha value is -2.09. The summed E-state index contributed by atoms with van der Waals surface area (Å²) in [4.78, 5) is 2.45. The summed E-state index contributed by atoms with van der Waals surface area (Å²) in [6.07, 6.45) is 2.00. The molecule has 0 N–H and O–H groups in total. The normalized spacial score (nSPS) is 17.1. The zero-order valence-corrected chi connectivity index (χ0v) is 13.1. The minimum atomic E-state index is 0.406. The Morgan fingerprint density at radius 2 is 1.82 bits per heavy atom. The predicted molar refractivity (Wildman–Crippen MR) is 86.4 cm³/mol. The highest BCUT2D eigenvalue weighted by molar-refractivity contribution is 5.65. The van der Waals surface area contributed by atoms with Crippen molar-refractivity contribution in [2.75, 3.05) is 26.3 Å². The molecule has 1 fully saturated rings. The van der Waals surface area contributed by atoms with Crippen LogP contribution in [-0.2, 0) is 11.8 Å². The van der Waals surface area contributed by atoms with E-state index in [1.54, 1.807) is 0 Å². The summed E-state index contributed by atoms with van der Waals surface area (Å²) in [5.41, 5.74) is 4.24. The summed E-state index contributed by atoms with van der Waals surface area (Å²) in [6, 6.07) is 13.2. The van der Waals surface area contributed by atoms with Crippen molar-refractivity contribution in [3.8, 4) is 17.2 Å². The minimum absolute atomic E-state index is 0.406. The molecule has 1 aliphatic rings. The van der Waals surface area contributed by atoms with Crippen molar-refractivity contribution in [3.63, 3.8) is 0 Å². The number of rotatable bonds is 3. The van der Waals surface area contributed by atoms with Crippen molar-refractivity contribution in [2.45, 2.75) is 13.0 Å². The van der Waals surface area contributed by atoms with E-state index in [0.29, 0.717) is 11.7 Å². The summed E-state index contributed by atoms with van der Waals surface area (Å²) in [5.74, 6) is 0. The maximum absolute atomic E-state index is 9.05. The third-order valence-electron chi connectivity index (χ3n) is 4.44. The summed E-state index contributed by atoms with van der Waals surface area (Å²) in [5, 5.41) is 9.05. The van der Waals surface area contributed by atoms with Crippen molar-refractivity contribution in [3.05, 3.63) is 47.8 Å². The van der Waals surface area contributed by atoms with Crippen LogP contribution >= 0.6 is 0 Å². The summed E-state index contributed by atoms with van der Waals surface area (Å²) in [6.45, 7) is 5.88. The topological polar surface area (TPSA) is 41.2 Å². The predicted octanol–water partition coefficient (Wildman–Crippen LogP) is 2.96. The molecule has 1 aromatic carbocycles. The number of morpholine rings is 1. The van der Waals surface area contributed by atoms with Gasteiger partial charge in [0, 0.05) is 37.9 Å². The molecule has 4 nitrogen and oxygen atoms in total. The highest BCUT2D eigenvalue weighted by Gasteiger charge is 2.18. The van der Waals surface area contributed by atoms with Crippen LogP contribution in [0.4, 0.5) is 0 Å². The maximum Gasteiger partial charge on any atom is 0.120 e. The van der Waals surface area contributed by atoms with Crippen molar-refractivity contribution in [1.29, 1.82) is 5.26 Å². The number of hydrogen-bond acceptors (Lipinski definition) is 3. The van der Waals surface area contributed by atoms with Gasteiger partial charge in [-0.1, -0.05) is 24.3 Å². The van der Waals surface area contributed by atoms with Gasteiger partial charge in [0.1, 0.15) is 11.8 Å². The third-order valence-corrected chi connectivity index (χ3v) is 4.44. The van der Waals surface area contributed by atoms with Crippen LogP contribution in [0.1, 0.15) is 24.2 Å². The molecule has 0 unspecified atom stereocenters. The van der Waals surface area contributed by atoms with Gasteiger partial charge in [-0.3, -0.25) is 4.90 Å². The average Bonchev–Trinajstić information content (AvgIpc) is 2.96. The van der Waals surface area contributed by atoms with Crippen molar-refractivity contribution in [1.82, 2.24) is 9.47 Å². The molecule has 2 aromatic rings.